The Hall–Kier alpha value is -0.590. The molecule has 0 saturated heterocycles. The summed E-state index contributed by atoms with van der Waals surface area (Å²) in [6.07, 6.45) is 1.91. The molecule has 1 heteroatoms. The van der Waals surface area contributed by atoms with Crippen molar-refractivity contribution < 1.29 is 0 Å². The third-order valence-electron chi connectivity index (χ3n) is 0.667. The Morgan fingerprint density at radius 3 is 2.33 bits per heavy atom. The highest BCUT2D eigenvalue weighted by Gasteiger charge is 1.67. The number of rotatable bonds is 1. The van der Waals surface area contributed by atoms with E-state index in [1.807, 2.05) is 19.9 Å². The minimum Gasteiger partial charge on any atom is -0.270 e. The molecule has 0 amide bonds. The first-order chi connectivity index (χ1) is 2.81. The van der Waals surface area contributed by atoms with E-state index in [2.05, 4.69) is 11.7 Å². The van der Waals surface area contributed by atoms with E-state index in [0.717, 1.165) is 5.70 Å². The van der Waals surface area contributed by atoms with Gasteiger partial charge in [0.15, 0.2) is 0 Å². The summed E-state index contributed by atoms with van der Waals surface area (Å²) >= 11 is 0. The molecule has 0 radical (unpaired) electrons. The van der Waals surface area contributed by atoms with Crippen molar-refractivity contribution in [3.05, 3.63) is 11.8 Å². The van der Waals surface area contributed by atoms with Crippen LogP contribution in [0.15, 0.2) is 16.8 Å². The molecule has 6 heavy (non-hydrogen) atoms. The average molecular weight is 83.1 g/mol. The van der Waals surface area contributed by atoms with Crippen LogP contribution in [-0.2, 0) is 0 Å². The summed E-state index contributed by atoms with van der Waals surface area (Å²) in [6, 6.07) is 0. The normalized spacial score (nSPS) is 11.3. The molecule has 0 aliphatic heterocycles. The topological polar surface area (TPSA) is 12.4 Å². The minimum absolute atomic E-state index is 0.981. The van der Waals surface area contributed by atoms with Crippen molar-refractivity contribution in [1.82, 2.24) is 0 Å². The van der Waals surface area contributed by atoms with Gasteiger partial charge in [0.05, 0.1) is 0 Å². The number of hydrogen-bond acceptors (Lipinski definition) is 1. The maximum absolute atomic E-state index is 3.62. The SMILES string of the molecule is C=NC(C)=CC. The first-order valence-electron chi connectivity index (χ1n) is 1.91. The largest absolute Gasteiger partial charge is 0.270 e. The van der Waals surface area contributed by atoms with Crippen LogP contribution in [0.25, 0.3) is 0 Å². The summed E-state index contributed by atoms with van der Waals surface area (Å²) < 4.78 is 0. The molecule has 0 aromatic carbocycles. The Morgan fingerprint density at radius 2 is 2.33 bits per heavy atom. The Bertz CT molecular complexity index is 72.0. The van der Waals surface area contributed by atoms with E-state index in [9.17, 15) is 0 Å². The van der Waals surface area contributed by atoms with Crippen LogP contribution < -0.4 is 0 Å². The maximum atomic E-state index is 3.62. The smallest absolute Gasteiger partial charge is 0.0322 e. The molecule has 0 bridgehead atoms. The fourth-order valence-corrected chi connectivity index (χ4v) is 0.0913. The lowest BCUT2D eigenvalue weighted by molar-refractivity contribution is 1.30. The highest BCUT2D eigenvalue weighted by atomic mass is 14.7. The van der Waals surface area contributed by atoms with E-state index in [0.29, 0.717) is 0 Å². The third-order valence-corrected chi connectivity index (χ3v) is 0.667. The van der Waals surface area contributed by atoms with Crippen molar-refractivity contribution in [2.75, 3.05) is 0 Å². The van der Waals surface area contributed by atoms with E-state index in [1.165, 1.54) is 0 Å². The first-order valence-corrected chi connectivity index (χ1v) is 1.91. The van der Waals surface area contributed by atoms with Gasteiger partial charge in [0, 0.05) is 5.70 Å². The second kappa shape index (κ2) is 2.64. The molecular formula is C5H9N. The number of hydrogen-bond donors (Lipinski definition) is 0. The van der Waals surface area contributed by atoms with Crippen LogP contribution >= 0.6 is 0 Å². The Morgan fingerprint density at radius 1 is 1.83 bits per heavy atom. The standard InChI is InChI=1S/C5H9N/c1-4-5(2)6-3/h4H,3H2,1-2H3. The van der Waals surface area contributed by atoms with Crippen molar-refractivity contribution in [2.24, 2.45) is 4.99 Å². The molecule has 0 N–H and O–H groups in total. The van der Waals surface area contributed by atoms with Gasteiger partial charge in [-0.25, -0.2) is 0 Å². The highest BCUT2D eigenvalue weighted by molar-refractivity contribution is 5.27. The summed E-state index contributed by atoms with van der Waals surface area (Å²) in [6.45, 7) is 7.16. The van der Waals surface area contributed by atoms with Gasteiger partial charge in [-0.3, -0.25) is 4.99 Å². The predicted octanol–water partition coefficient (Wildman–Crippen LogP) is 1.61. The molecule has 0 aliphatic carbocycles. The molecule has 34 valence electrons. The average Bonchev–Trinajstić information content (AvgIpc) is 1.65. The van der Waals surface area contributed by atoms with Gasteiger partial charge in [0.2, 0.25) is 0 Å². The zero-order valence-electron chi connectivity index (χ0n) is 4.23. The van der Waals surface area contributed by atoms with E-state index in [1.54, 1.807) is 0 Å². The van der Waals surface area contributed by atoms with Gasteiger partial charge < -0.3 is 0 Å². The third kappa shape index (κ3) is 1.70. The molecule has 0 saturated carbocycles. The highest BCUT2D eigenvalue weighted by Crippen LogP contribution is 1.87. The molecule has 0 aromatic rings. The lowest BCUT2D eigenvalue weighted by Gasteiger charge is -1.78. The molecule has 0 unspecified atom stereocenters. The second-order valence-electron chi connectivity index (χ2n) is 1.09. The zero-order valence-corrected chi connectivity index (χ0v) is 4.23. The summed E-state index contributed by atoms with van der Waals surface area (Å²) in [5, 5.41) is 0. The molecule has 0 aromatic heterocycles. The van der Waals surface area contributed by atoms with Gasteiger partial charge in [0.1, 0.15) is 0 Å². The lowest BCUT2D eigenvalue weighted by Crippen LogP contribution is -1.58. The van der Waals surface area contributed by atoms with Gasteiger partial charge in [0.25, 0.3) is 0 Å². The Kier molecular flexibility index (Phi) is 2.38. The van der Waals surface area contributed by atoms with Crippen molar-refractivity contribution in [1.29, 1.82) is 0 Å². The van der Waals surface area contributed by atoms with Crippen LogP contribution in [0.2, 0.25) is 0 Å². The molecular weight excluding hydrogens is 74.1 g/mol. The molecule has 0 heterocycles. The summed E-state index contributed by atoms with van der Waals surface area (Å²) in [5.41, 5.74) is 0.981. The van der Waals surface area contributed by atoms with Crippen molar-refractivity contribution in [3.8, 4) is 0 Å². The van der Waals surface area contributed by atoms with Gasteiger partial charge >= 0.3 is 0 Å². The van der Waals surface area contributed by atoms with Crippen LogP contribution in [-0.4, -0.2) is 6.72 Å². The van der Waals surface area contributed by atoms with Crippen LogP contribution in [0.4, 0.5) is 0 Å². The molecule has 0 rings (SSSR count). The van der Waals surface area contributed by atoms with Gasteiger partial charge in [-0.05, 0) is 20.6 Å². The molecule has 0 atom stereocenters. The van der Waals surface area contributed by atoms with E-state index in [-0.39, 0.29) is 0 Å². The van der Waals surface area contributed by atoms with Crippen LogP contribution in [0.3, 0.4) is 0 Å². The Balaban J connectivity index is 3.50. The van der Waals surface area contributed by atoms with E-state index < -0.39 is 0 Å². The van der Waals surface area contributed by atoms with Crippen LogP contribution in [0.5, 0.6) is 0 Å². The predicted molar refractivity (Wildman–Crippen MR) is 29.0 cm³/mol. The maximum Gasteiger partial charge on any atom is 0.0322 e. The second-order valence-corrected chi connectivity index (χ2v) is 1.09. The number of aliphatic imine (C=N–C) groups is 1. The van der Waals surface area contributed by atoms with Crippen molar-refractivity contribution in [3.63, 3.8) is 0 Å². The van der Waals surface area contributed by atoms with E-state index in [4.69, 9.17) is 0 Å². The number of allylic oxidation sites excluding steroid dienone is 2. The van der Waals surface area contributed by atoms with Crippen LogP contribution in [0.1, 0.15) is 13.8 Å². The number of nitrogens with zero attached hydrogens (tertiary/aromatic N) is 1. The fraction of sp³-hybridized carbons (Fsp3) is 0.400. The Labute approximate surface area is 38.4 Å². The molecule has 0 fully saturated rings. The van der Waals surface area contributed by atoms with Crippen molar-refractivity contribution >= 4 is 6.72 Å². The van der Waals surface area contributed by atoms with Gasteiger partial charge in [-0.15, -0.1) is 0 Å². The lowest BCUT2D eigenvalue weighted by atomic mass is 10.5. The summed E-state index contributed by atoms with van der Waals surface area (Å²) in [4.78, 5) is 3.62. The minimum atomic E-state index is 0.981. The summed E-state index contributed by atoms with van der Waals surface area (Å²) in [7, 11) is 0. The van der Waals surface area contributed by atoms with Crippen molar-refractivity contribution in [2.45, 2.75) is 13.8 Å². The molecule has 0 spiro atoms. The zero-order chi connectivity index (χ0) is 4.99. The summed E-state index contributed by atoms with van der Waals surface area (Å²) in [5.74, 6) is 0. The molecule has 1 nitrogen and oxygen atoms in total. The monoisotopic (exact) mass is 83.1 g/mol. The van der Waals surface area contributed by atoms with Gasteiger partial charge in [-0.1, -0.05) is 6.08 Å². The van der Waals surface area contributed by atoms with Gasteiger partial charge in [-0.2, -0.15) is 0 Å². The van der Waals surface area contributed by atoms with E-state index >= 15 is 0 Å². The molecule has 0 aliphatic rings. The fourth-order valence-electron chi connectivity index (χ4n) is 0.0913. The quantitative estimate of drug-likeness (QED) is 0.427. The first kappa shape index (κ1) is 5.41. The van der Waals surface area contributed by atoms with Crippen LogP contribution in [0, 0.1) is 0 Å².